The van der Waals surface area contributed by atoms with Crippen molar-refractivity contribution in [2.75, 3.05) is 7.05 Å². The molecule has 0 fully saturated rings. The first-order chi connectivity index (χ1) is 12.0. The lowest BCUT2D eigenvalue weighted by atomic mass is 9.77. The zero-order valence-electron chi connectivity index (χ0n) is 13.8. The summed E-state index contributed by atoms with van der Waals surface area (Å²) in [4.78, 5) is 11.7. The highest BCUT2D eigenvalue weighted by molar-refractivity contribution is 6.42. The zero-order valence-corrected chi connectivity index (χ0v) is 15.3. The number of carbonyl (C=O) groups excluding carboxylic acids is 1. The zero-order chi connectivity index (χ0) is 18.0. The van der Waals surface area contributed by atoms with Gasteiger partial charge < -0.3 is 15.2 Å². The molecule has 1 amide bonds. The van der Waals surface area contributed by atoms with Crippen LogP contribution in [0.2, 0.25) is 10.0 Å². The smallest absolute Gasteiger partial charge is 0.407 e. The number of hydrogen-bond donors (Lipinski definition) is 2. The van der Waals surface area contributed by atoms with Crippen LogP contribution in [0.4, 0.5) is 4.79 Å². The molecule has 0 radical (unpaired) electrons. The minimum Gasteiger partial charge on any atom is -0.441 e. The van der Waals surface area contributed by atoms with Gasteiger partial charge in [-0.3, -0.25) is 0 Å². The first-order valence-electron chi connectivity index (χ1n) is 8.10. The molecule has 0 spiro atoms. The summed E-state index contributed by atoms with van der Waals surface area (Å²) in [6.45, 7) is -0.0581. The summed E-state index contributed by atoms with van der Waals surface area (Å²) in [6.07, 6.45) is 0.726. The highest BCUT2D eigenvalue weighted by Crippen LogP contribution is 2.44. The van der Waals surface area contributed by atoms with Crippen LogP contribution in [0, 0.1) is 0 Å². The van der Waals surface area contributed by atoms with Crippen molar-refractivity contribution >= 4 is 29.3 Å². The molecule has 2 aromatic rings. The summed E-state index contributed by atoms with van der Waals surface area (Å²) >= 11 is 12.2. The maximum atomic E-state index is 11.7. The van der Waals surface area contributed by atoms with Gasteiger partial charge in [0.1, 0.15) is 6.10 Å². The van der Waals surface area contributed by atoms with E-state index in [1.165, 1.54) is 7.05 Å². The van der Waals surface area contributed by atoms with Gasteiger partial charge in [-0.25, -0.2) is 4.79 Å². The summed E-state index contributed by atoms with van der Waals surface area (Å²) in [5, 5.41) is 13.0. The Kier molecular flexibility index (Phi) is 5.52. The lowest BCUT2D eigenvalue weighted by Gasteiger charge is -2.32. The van der Waals surface area contributed by atoms with Crippen molar-refractivity contribution in [2.24, 2.45) is 0 Å². The van der Waals surface area contributed by atoms with Crippen LogP contribution in [0.15, 0.2) is 36.4 Å². The number of rotatable bonds is 3. The van der Waals surface area contributed by atoms with Crippen molar-refractivity contribution in [3.05, 3.63) is 68.7 Å². The Hall–Kier alpha value is -1.75. The molecule has 1 aliphatic rings. The van der Waals surface area contributed by atoms with E-state index < -0.39 is 6.09 Å². The van der Waals surface area contributed by atoms with Gasteiger partial charge in [-0.05, 0) is 53.3 Å². The lowest BCUT2D eigenvalue weighted by molar-refractivity contribution is 0.0876. The van der Waals surface area contributed by atoms with E-state index in [1.807, 2.05) is 30.3 Å². The molecule has 0 aliphatic heterocycles. The molecule has 0 unspecified atom stereocenters. The Bertz CT molecular complexity index is 794. The number of amides is 1. The molecular formula is C19H19Cl2NO3. The topological polar surface area (TPSA) is 58.6 Å². The first-order valence-corrected chi connectivity index (χ1v) is 8.86. The summed E-state index contributed by atoms with van der Waals surface area (Å²) in [5.74, 6) is 0.141. The molecule has 0 saturated carbocycles. The normalized spacial score (nSPS) is 19.2. The van der Waals surface area contributed by atoms with E-state index in [9.17, 15) is 9.90 Å². The van der Waals surface area contributed by atoms with Crippen LogP contribution in [0.1, 0.15) is 47.1 Å². The van der Waals surface area contributed by atoms with E-state index >= 15 is 0 Å². The molecule has 2 aromatic carbocycles. The highest BCUT2D eigenvalue weighted by atomic mass is 35.5. The second-order valence-corrected chi connectivity index (χ2v) is 6.88. The van der Waals surface area contributed by atoms with Crippen LogP contribution < -0.4 is 5.32 Å². The van der Waals surface area contributed by atoms with Gasteiger partial charge in [0.15, 0.2) is 0 Å². The van der Waals surface area contributed by atoms with E-state index in [2.05, 4.69) is 5.32 Å². The van der Waals surface area contributed by atoms with Gasteiger partial charge in [0, 0.05) is 13.0 Å². The molecule has 2 atom stereocenters. The quantitative estimate of drug-likeness (QED) is 0.804. The van der Waals surface area contributed by atoms with Gasteiger partial charge in [0.25, 0.3) is 0 Å². The van der Waals surface area contributed by atoms with Crippen LogP contribution >= 0.6 is 23.2 Å². The first kappa shape index (κ1) is 18.1. The lowest BCUT2D eigenvalue weighted by Crippen LogP contribution is -2.25. The van der Waals surface area contributed by atoms with Crippen molar-refractivity contribution in [3.8, 4) is 0 Å². The van der Waals surface area contributed by atoms with Crippen LogP contribution in [0.25, 0.3) is 0 Å². The Morgan fingerprint density at radius 1 is 1.16 bits per heavy atom. The average molecular weight is 380 g/mol. The number of ether oxygens (including phenoxy) is 1. The van der Waals surface area contributed by atoms with Gasteiger partial charge in [-0.1, -0.05) is 41.4 Å². The summed E-state index contributed by atoms with van der Waals surface area (Å²) in [6, 6.07) is 11.5. The molecule has 0 aromatic heterocycles. The Morgan fingerprint density at radius 3 is 2.64 bits per heavy atom. The van der Waals surface area contributed by atoms with Crippen LogP contribution in [-0.2, 0) is 11.3 Å². The largest absolute Gasteiger partial charge is 0.441 e. The summed E-state index contributed by atoms with van der Waals surface area (Å²) in [5.41, 5.74) is 3.87. The number of nitrogens with one attached hydrogen (secondary N) is 1. The van der Waals surface area contributed by atoms with Crippen molar-refractivity contribution < 1.29 is 14.6 Å². The van der Waals surface area contributed by atoms with Gasteiger partial charge in [0.2, 0.25) is 0 Å². The third-order valence-electron chi connectivity index (χ3n) is 4.57. The van der Waals surface area contributed by atoms with Crippen molar-refractivity contribution in [1.29, 1.82) is 0 Å². The number of carbonyl (C=O) groups is 1. The fourth-order valence-corrected chi connectivity index (χ4v) is 3.64. The molecule has 2 N–H and O–H groups in total. The van der Waals surface area contributed by atoms with E-state index in [4.69, 9.17) is 27.9 Å². The molecule has 3 rings (SSSR count). The monoisotopic (exact) mass is 379 g/mol. The summed E-state index contributed by atoms with van der Waals surface area (Å²) in [7, 11) is 1.54. The predicted octanol–water partition coefficient (Wildman–Crippen LogP) is 4.81. The van der Waals surface area contributed by atoms with Gasteiger partial charge in [-0.2, -0.15) is 0 Å². The number of alkyl carbamates (subject to hydrolysis) is 1. The third kappa shape index (κ3) is 3.76. The van der Waals surface area contributed by atoms with E-state index in [0.29, 0.717) is 16.5 Å². The van der Waals surface area contributed by atoms with Crippen LogP contribution in [0.3, 0.4) is 0 Å². The molecule has 4 nitrogen and oxygen atoms in total. The minimum absolute atomic E-state index is 0.0581. The standard InChI is InChI=1S/C19H19Cl2NO3/c1-22-19(24)25-18-7-5-13(12-3-6-16(20)17(21)9-12)14-4-2-11(10-23)8-15(14)18/h2-4,6,8-9,13,18,23H,5,7,10H2,1H3,(H,22,24)/t13-,18-/m0/s1. The van der Waals surface area contributed by atoms with Crippen molar-refractivity contribution in [2.45, 2.75) is 31.5 Å². The Labute approximate surface area is 156 Å². The maximum Gasteiger partial charge on any atom is 0.407 e. The highest BCUT2D eigenvalue weighted by Gasteiger charge is 2.30. The molecule has 6 heteroatoms. The molecule has 0 bridgehead atoms. The second kappa shape index (κ2) is 7.65. The van der Waals surface area contributed by atoms with Gasteiger partial charge in [0.05, 0.1) is 16.7 Å². The molecule has 25 heavy (non-hydrogen) atoms. The maximum absolute atomic E-state index is 11.7. The molecule has 0 saturated heterocycles. The van der Waals surface area contributed by atoms with E-state index in [1.54, 1.807) is 6.07 Å². The predicted molar refractivity (Wildman–Crippen MR) is 98.2 cm³/mol. The number of benzene rings is 2. The SMILES string of the molecule is CNC(=O)O[C@H]1CC[C@@H](c2ccc(Cl)c(Cl)c2)c2ccc(CO)cc21. The molecule has 1 aliphatic carbocycles. The number of halogens is 2. The third-order valence-corrected chi connectivity index (χ3v) is 5.31. The molecule has 132 valence electrons. The van der Waals surface area contributed by atoms with Crippen LogP contribution in [0.5, 0.6) is 0 Å². The number of fused-ring (bicyclic) bond motifs is 1. The molecular weight excluding hydrogens is 361 g/mol. The van der Waals surface area contributed by atoms with E-state index in [0.717, 1.165) is 28.7 Å². The summed E-state index contributed by atoms with van der Waals surface area (Å²) < 4.78 is 5.51. The van der Waals surface area contributed by atoms with Crippen molar-refractivity contribution in [1.82, 2.24) is 5.32 Å². The van der Waals surface area contributed by atoms with Gasteiger partial charge >= 0.3 is 6.09 Å². The number of aliphatic hydroxyl groups is 1. The average Bonchev–Trinajstić information content (AvgIpc) is 2.63. The second-order valence-electron chi connectivity index (χ2n) is 6.07. The number of aliphatic hydroxyl groups excluding tert-OH is 1. The van der Waals surface area contributed by atoms with Gasteiger partial charge in [-0.15, -0.1) is 0 Å². The Balaban J connectivity index is 2.02. The minimum atomic E-state index is -0.460. The fraction of sp³-hybridized carbons (Fsp3) is 0.316. The Morgan fingerprint density at radius 2 is 1.96 bits per heavy atom. The molecule has 0 heterocycles. The van der Waals surface area contributed by atoms with Crippen LogP contribution in [-0.4, -0.2) is 18.2 Å². The van der Waals surface area contributed by atoms with Crippen molar-refractivity contribution in [3.63, 3.8) is 0 Å². The number of hydrogen-bond acceptors (Lipinski definition) is 3. The van der Waals surface area contributed by atoms with E-state index in [-0.39, 0.29) is 18.6 Å². The fourth-order valence-electron chi connectivity index (χ4n) is 3.33.